The van der Waals surface area contributed by atoms with E-state index in [9.17, 15) is 14.4 Å². The Morgan fingerprint density at radius 3 is 0.979 bits per heavy atom. The molecule has 0 rings (SSSR count). The number of ether oxygens (including phenoxy) is 12. The molecule has 0 bridgehead atoms. The fraction of sp³-hybridized carbons (Fsp3) is 0.906. The zero-order valence-electron chi connectivity index (χ0n) is 29.0. The van der Waals surface area contributed by atoms with Crippen LogP contribution in [0.3, 0.4) is 0 Å². The molecule has 0 fully saturated rings. The summed E-state index contributed by atoms with van der Waals surface area (Å²) in [5.74, 6) is -2.65. The second-order valence-electron chi connectivity index (χ2n) is 10.2. The second kappa shape index (κ2) is 38.0. The summed E-state index contributed by atoms with van der Waals surface area (Å²) < 4.78 is 64.6. The van der Waals surface area contributed by atoms with E-state index in [0.717, 1.165) is 13.0 Å². The fourth-order valence-electron chi connectivity index (χ4n) is 3.21. The number of Topliss-reactive ketones (excluding diaryl/α,β-unsaturated/α-hetero) is 1. The van der Waals surface area contributed by atoms with Crippen molar-refractivity contribution in [2.45, 2.75) is 33.1 Å². The fourth-order valence-corrected chi connectivity index (χ4v) is 3.21. The smallest absolute Gasteiger partial charge is 0.372 e. The molecule has 0 aromatic heterocycles. The van der Waals surface area contributed by atoms with Crippen LogP contribution in [0.1, 0.15) is 33.1 Å². The molecule has 0 aliphatic rings. The van der Waals surface area contributed by atoms with Crippen LogP contribution < -0.4 is 0 Å². The number of carbonyl (C=O) groups excluding carboxylic acids is 2. The minimum Gasteiger partial charge on any atom is -0.476 e. The van der Waals surface area contributed by atoms with Gasteiger partial charge in [-0.25, -0.2) is 4.79 Å². The molecule has 0 aromatic rings. The lowest BCUT2D eigenvalue weighted by atomic mass is 10.1. The van der Waals surface area contributed by atoms with Crippen molar-refractivity contribution in [3.63, 3.8) is 0 Å². The van der Waals surface area contributed by atoms with Gasteiger partial charge in [-0.15, -0.1) is 0 Å². The number of rotatable bonds is 40. The van der Waals surface area contributed by atoms with E-state index in [1.807, 2.05) is 0 Å². The Bertz CT molecular complexity index is 726. The highest BCUT2D eigenvalue weighted by Crippen LogP contribution is 2.00. The zero-order valence-corrected chi connectivity index (χ0v) is 29.0. The van der Waals surface area contributed by atoms with Gasteiger partial charge in [-0.05, 0) is 5.92 Å². The van der Waals surface area contributed by atoms with Gasteiger partial charge in [0.05, 0.1) is 145 Å². The molecule has 1 N–H and O–H groups in total. The van der Waals surface area contributed by atoms with E-state index in [2.05, 4.69) is 13.8 Å². The number of carboxylic acid groups (broad SMARTS) is 1. The molecule has 0 aliphatic carbocycles. The van der Waals surface area contributed by atoms with Crippen molar-refractivity contribution in [2.75, 3.05) is 152 Å². The summed E-state index contributed by atoms with van der Waals surface area (Å²) >= 11 is 0. The number of aliphatic carboxylic acids is 1. The van der Waals surface area contributed by atoms with Crippen molar-refractivity contribution >= 4 is 17.7 Å². The maximum absolute atomic E-state index is 11.4. The van der Waals surface area contributed by atoms with Gasteiger partial charge in [0.15, 0.2) is 0 Å². The van der Waals surface area contributed by atoms with Gasteiger partial charge < -0.3 is 61.9 Å². The van der Waals surface area contributed by atoms with Gasteiger partial charge >= 0.3 is 11.9 Å². The number of esters is 1. The van der Waals surface area contributed by atoms with Crippen LogP contribution in [0.5, 0.6) is 0 Å². The van der Waals surface area contributed by atoms with E-state index in [4.69, 9.17) is 61.9 Å². The molecule has 284 valence electrons. The molecule has 0 spiro atoms. The van der Waals surface area contributed by atoms with Gasteiger partial charge in [0.2, 0.25) is 5.78 Å². The van der Waals surface area contributed by atoms with Crippen molar-refractivity contribution in [3.8, 4) is 0 Å². The number of hydrogen-bond donors (Lipinski definition) is 1. The van der Waals surface area contributed by atoms with E-state index in [1.54, 1.807) is 0 Å². The third kappa shape index (κ3) is 37.0. The van der Waals surface area contributed by atoms with Gasteiger partial charge in [0, 0.05) is 13.0 Å². The third-order valence-corrected chi connectivity index (χ3v) is 6.10. The van der Waals surface area contributed by atoms with E-state index in [1.165, 1.54) is 0 Å². The first-order valence-electron chi connectivity index (χ1n) is 16.7. The first-order chi connectivity index (χ1) is 23.5. The largest absolute Gasteiger partial charge is 0.476 e. The lowest BCUT2D eigenvalue weighted by molar-refractivity contribution is -0.151. The van der Waals surface area contributed by atoms with E-state index in [0.29, 0.717) is 138 Å². The van der Waals surface area contributed by atoms with E-state index >= 15 is 0 Å². The summed E-state index contributed by atoms with van der Waals surface area (Å²) in [4.78, 5) is 32.6. The quantitative estimate of drug-likeness (QED) is 0.0546. The maximum Gasteiger partial charge on any atom is 0.372 e. The second-order valence-corrected chi connectivity index (χ2v) is 10.2. The monoisotopic (exact) mass is 700 g/mol. The van der Waals surface area contributed by atoms with Gasteiger partial charge in [-0.3, -0.25) is 9.59 Å². The van der Waals surface area contributed by atoms with Crippen LogP contribution >= 0.6 is 0 Å². The van der Waals surface area contributed by atoms with Crippen molar-refractivity contribution in [3.05, 3.63) is 0 Å². The summed E-state index contributed by atoms with van der Waals surface area (Å²) in [6, 6.07) is 0. The number of hydrogen-bond acceptors (Lipinski definition) is 15. The lowest BCUT2D eigenvalue weighted by Crippen LogP contribution is -2.17. The van der Waals surface area contributed by atoms with Crippen molar-refractivity contribution in [2.24, 2.45) is 5.92 Å². The topological polar surface area (TPSA) is 182 Å². The highest BCUT2D eigenvalue weighted by molar-refractivity contribution is 6.32. The van der Waals surface area contributed by atoms with Crippen molar-refractivity contribution < 1.29 is 76.3 Å². The van der Waals surface area contributed by atoms with Crippen molar-refractivity contribution in [1.82, 2.24) is 0 Å². The SMILES string of the molecule is CCC(C)COCCOCCOCCOCCOCCOCCOCCOCCOCCOCCOCCOC(=O)CCC(=O)C(=O)O. The van der Waals surface area contributed by atoms with Crippen LogP contribution in [0.25, 0.3) is 0 Å². The zero-order chi connectivity index (χ0) is 35.2. The van der Waals surface area contributed by atoms with Gasteiger partial charge in [0.25, 0.3) is 0 Å². The predicted octanol–water partition coefficient (Wildman–Crippen LogP) is 1.19. The third-order valence-electron chi connectivity index (χ3n) is 6.10. The highest BCUT2D eigenvalue weighted by Gasteiger charge is 2.14. The molecule has 48 heavy (non-hydrogen) atoms. The average Bonchev–Trinajstić information content (AvgIpc) is 3.08. The van der Waals surface area contributed by atoms with Crippen molar-refractivity contribution in [1.29, 1.82) is 0 Å². The lowest BCUT2D eigenvalue weighted by Gasteiger charge is -2.10. The molecule has 1 unspecified atom stereocenters. The van der Waals surface area contributed by atoms with Gasteiger partial charge in [0.1, 0.15) is 6.61 Å². The van der Waals surface area contributed by atoms with Crippen LogP contribution in [0.2, 0.25) is 0 Å². The number of carboxylic acids is 1. The molecule has 16 heteroatoms. The predicted molar refractivity (Wildman–Crippen MR) is 171 cm³/mol. The van der Waals surface area contributed by atoms with Crippen LogP contribution in [0, 0.1) is 5.92 Å². The Balaban J connectivity index is 3.12. The normalized spacial score (nSPS) is 12.0. The maximum atomic E-state index is 11.4. The van der Waals surface area contributed by atoms with E-state index in [-0.39, 0.29) is 26.1 Å². The Morgan fingerprint density at radius 2 is 0.708 bits per heavy atom. The first kappa shape index (κ1) is 46.2. The van der Waals surface area contributed by atoms with Crippen LogP contribution in [0.4, 0.5) is 0 Å². The molecule has 0 saturated carbocycles. The molecule has 0 aliphatic heterocycles. The molecule has 1 atom stereocenters. The minimum absolute atomic E-state index is 0.0144. The van der Waals surface area contributed by atoms with Gasteiger partial charge in [-0.2, -0.15) is 0 Å². The summed E-state index contributed by atoms with van der Waals surface area (Å²) in [5, 5.41) is 8.44. The Labute approximate surface area is 285 Å². The number of ketones is 1. The molecule has 0 heterocycles. The Hall–Kier alpha value is -1.83. The number of carbonyl (C=O) groups is 3. The van der Waals surface area contributed by atoms with Gasteiger partial charge in [-0.1, -0.05) is 20.3 Å². The standard InChI is InChI=1S/C32H60O16/c1-3-29(2)28-47-25-24-45-21-20-43-17-16-41-13-12-39-9-8-37-6-7-38-10-11-40-14-15-42-18-19-44-22-23-46-26-27-48-31(34)5-4-30(33)32(35)36/h29H,3-28H2,1-2H3,(H,35,36). The summed E-state index contributed by atoms with van der Waals surface area (Å²) in [6.07, 6.45) is 0.464. The average molecular weight is 701 g/mol. The molecule has 16 nitrogen and oxygen atoms in total. The van der Waals surface area contributed by atoms with Crippen LogP contribution in [0.15, 0.2) is 0 Å². The molecular weight excluding hydrogens is 640 g/mol. The molecule has 0 saturated heterocycles. The summed E-state index contributed by atoms with van der Waals surface area (Å²) in [6.45, 7) is 14.8. The Kier molecular flexibility index (Phi) is 36.5. The van der Waals surface area contributed by atoms with E-state index < -0.39 is 17.7 Å². The van der Waals surface area contributed by atoms with Crippen LogP contribution in [-0.4, -0.2) is 175 Å². The Morgan fingerprint density at radius 1 is 0.438 bits per heavy atom. The first-order valence-corrected chi connectivity index (χ1v) is 16.7. The molecule has 0 amide bonds. The summed E-state index contributed by atoms with van der Waals surface area (Å²) in [7, 11) is 0. The molecule has 0 aromatic carbocycles. The minimum atomic E-state index is -1.56. The highest BCUT2D eigenvalue weighted by atomic mass is 16.6. The summed E-state index contributed by atoms with van der Waals surface area (Å²) in [5.41, 5.74) is 0. The van der Waals surface area contributed by atoms with Crippen LogP contribution in [-0.2, 0) is 71.2 Å². The molecule has 0 radical (unpaired) electrons. The molecular formula is C32H60O16.